The highest BCUT2D eigenvalue weighted by molar-refractivity contribution is 7.92. The van der Waals surface area contributed by atoms with E-state index in [0.29, 0.717) is 17.2 Å². The zero-order valence-electron chi connectivity index (χ0n) is 13.5. The van der Waals surface area contributed by atoms with Crippen LogP contribution in [0.25, 0.3) is 0 Å². The van der Waals surface area contributed by atoms with Crippen molar-refractivity contribution in [1.29, 1.82) is 0 Å². The molecule has 0 heterocycles. The maximum absolute atomic E-state index is 12.5. The quantitative estimate of drug-likeness (QED) is 0.807. The van der Waals surface area contributed by atoms with E-state index in [1.807, 2.05) is 12.1 Å². The number of nitrogens with one attached hydrogen (secondary N) is 1. The van der Waals surface area contributed by atoms with Gasteiger partial charge in [0.15, 0.2) is 5.78 Å². The summed E-state index contributed by atoms with van der Waals surface area (Å²) in [6.07, 6.45) is 0.996. The number of hydrogen-bond acceptors (Lipinski definition) is 3. The van der Waals surface area contributed by atoms with Gasteiger partial charge >= 0.3 is 0 Å². The van der Waals surface area contributed by atoms with E-state index in [1.165, 1.54) is 6.92 Å². The predicted molar refractivity (Wildman–Crippen MR) is 92.4 cm³/mol. The monoisotopic (exact) mass is 331 g/mol. The number of rotatable bonds is 6. The Bertz CT molecular complexity index is 795. The van der Waals surface area contributed by atoms with Gasteiger partial charge in [0, 0.05) is 5.56 Å². The molecule has 0 aromatic heterocycles. The fourth-order valence-electron chi connectivity index (χ4n) is 2.29. The first kappa shape index (κ1) is 17.2. The van der Waals surface area contributed by atoms with Crippen molar-refractivity contribution in [3.8, 4) is 0 Å². The van der Waals surface area contributed by atoms with Crippen molar-refractivity contribution in [3.05, 3.63) is 59.7 Å². The molecule has 0 aliphatic carbocycles. The first-order valence-corrected chi connectivity index (χ1v) is 9.06. The summed E-state index contributed by atoms with van der Waals surface area (Å²) in [6.45, 7) is 5.61. The van der Waals surface area contributed by atoms with Crippen LogP contribution in [0.3, 0.4) is 0 Å². The fourth-order valence-corrected chi connectivity index (χ4v) is 3.37. The van der Waals surface area contributed by atoms with Crippen molar-refractivity contribution in [2.24, 2.45) is 0 Å². The summed E-state index contributed by atoms with van der Waals surface area (Å²) in [7, 11) is -3.72. The van der Waals surface area contributed by atoms with Gasteiger partial charge in [0.1, 0.15) is 0 Å². The fraction of sp³-hybridized carbons (Fsp3) is 0.278. The van der Waals surface area contributed by atoms with Crippen LogP contribution in [0.15, 0.2) is 53.4 Å². The third kappa shape index (κ3) is 3.99. The minimum Gasteiger partial charge on any atom is -0.294 e. The van der Waals surface area contributed by atoms with Gasteiger partial charge in [-0.3, -0.25) is 9.52 Å². The largest absolute Gasteiger partial charge is 0.294 e. The summed E-state index contributed by atoms with van der Waals surface area (Å²) in [4.78, 5) is 11.8. The minimum atomic E-state index is -3.72. The van der Waals surface area contributed by atoms with E-state index in [2.05, 4.69) is 18.6 Å². The summed E-state index contributed by atoms with van der Waals surface area (Å²) < 4.78 is 27.5. The Morgan fingerprint density at radius 3 is 2.26 bits per heavy atom. The second kappa shape index (κ2) is 6.96. The first-order chi connectivity index (χ1) is 10.8. The second-order valence-corrected chi connectivity index (χ2v) is 7.27. The average molecular weight is 331 g/mol. The molecule has 0 bridgehead atoms. The number of sulfonamides is 1. The van der Waals surface area contributed by atoms with Crippen molar-refractivity contribution < 1.29 is 13.2 Å². The van der Waals surface area contributed by atoms with Gasteiger partial charge in [0.2, 0.25) is 0 Å². The Kier molecular flexibility index (Phi) is 5.21. The van der Waals surface area contributed by atoms with Crippen LogP contribution in [0.4, 0.5) is 5.69 Å². The Morgan fingerprint density at radius 1 is 1.09 bits per heavy atom. The molecule has 23 heavy (non-hydrogen) atoms. The number of Topliss-reactive ketones (excluding diaryl/α,β-unsaturated/α-hetero) is 1. The van der Waals surface area contributed by atoms with Crippen molar-refractivity contribution >= 4 is 21.5 Å². The van der Waals surface area contributed by atoms with Crippen LogP contribution in [0, 0.1) is 0 Å². The van der Waals surface area contributed by atoms with E-state index >= 15 is 0 Å². The molecule has 4 nitrogen and oxygen atoms in total. The maximum Gasteiger partial charge on any atom is 0.261 e. The second-order valence-electron chi connectivity index (χ2n) is 5.59. The van der Waals surface area contributed by atoms with Crippen molar-refractivity contribution in [3.63, 3.8) is 0 Å². The SMILES string of the molecule is CCC(C)c1ccc(S(=O)(=O)Nc2ccccc2C(C)=O)cc1. The number of anilines is 1. The van der Waals surface area contributed by atoms with Crippen LogP contribution in [-0.4, -0.2) is 14.2 Å². The van der Waals surface area contributed by atoms with E-state index in [9.17, 15) is 13.2 Å². The molecule has 2 rings (SSSR count). The molecular weight excluding hydrogens is 310 g/mol. The lowest BCUT2D eigenvalue weighted by Crippen LogP contribution is -2.15. The number of carbonyl (C=O) groups excluding carboxylic acids is 1. The summed E-state index contributed by atoms with van der Waals surface area (Å²) in [5, 5.41) is 0. The molecule has 1 atom stereocenters. The Labute approximate surface area is 137 Å². The zero-order chi connectivity index (χ0) is 17.0. The Hall–Kier alpha value is -2.14. The van der Waals surface area contributed by atoms with Gasteiger partial charge in [-0.15, -0.1) is 0 Å². The van der Waals surface area contributed by atoms with E-state index in [-0.39, 0.29) is 10.7 Å². The highest BCUT2D eigenvalue weighted by Crippen LogP contribution is 2.23. The summed E-state index contributed by atoms with van der Waals surface area (Å²) in [6, 6.07) is 13.4. The number of para-hydroxylation sites is 1. The van der Waals surface area contributed by atoms with E-state index in [1.54, 1.807) is 36.4 Å². The molecule has 1 N–H and O–H groups in total. The van der Waals surface area contributed by atoms with Gasteiger partial charge in [-0.1, -0.05) is 38.1 Å². The molecule has 0 saturated heterocycles. The molecule has 1 unspecified atom stereocenters. The summed E-state index contributed by atoms with van der Waals surface area (Å²) in [5.41, 5.74) is 1.76. The Morgan fingerprint density at radius 2 is 1.70 bits per heavy atom. The van der Waals surface area contributed by atoms with Crippen molar-refractivity contribution in [2.75, 3.05) is 4.72 Å². The van der Waals surface area contributed by atoms with Crippen LogP contribution in [-0.2, 0) is 10.0 Å². The summed E-state index contributed by atoms with van der Waals surface area (Å²) in [5.74, 6) is 0.202. The molecule has 0 radical (unpaired) electrons. The van der Waals surface area contributed by atoms with E-state index < -0.39 is 10.0 Å². The zero-order valence-corrected chi connectivity index (χ0v) is 14.4. The highest BCUT2D eigenvalue weighted by atomic mass is 32.2. The van der Waals surface area contributed by atoms with Crippen LogP contribution in [0.1, 0.15) is 49.0 Å². The van der Waals surface area contributed by atoms with E-state index in [4.69, 9.17) is 0 Å². The molecule has 122 valence electrons. The number of hydrogen-bond donors (Lipinski definition) is 1. The van der Waals surface area contributed by atoms with Crippen LogP contribution in [0.2, 0.25) is 0 Å². The number of benzene rings is 2. The lowest BCUT2D eigenvalue weighted by molar-refractivity contribution is 0.101. The molecule has 0 fully saturated rings. The summed E-state index contributed by atoms with van der Waals surface area (Å²) >= 11 is 0. The molecule has 0 aliphatic heterocycles. The third-order valence-electron chi connectivity index (χ3n) is 3.92. The number of carbonyl (C=O) groups is 1. The van der Waals surface area contributed by atoms with Gasteiger partial charge < -0.3 is 0 Å². The van der Waals surface area contributed by atoms with E-state index in [0.717, 1.165) is 12.0 Å². The predicted octanol–water partition coefficient (Wildman–Crippen LogP) is 4.20. The number of ketones is 1. The highest BCUT2D eigenvalue weighted by Gasteiger charge is 2.17. The lowest BCUT2D eigenvalue weighted by Gasteiger charge is -2.13. The average Bonchev–Trinajstić information content (AvgIpc) is 2.54. The van der Waals surface area contributed by atoms with Crippen LogP contribution < -0.4 is 4.72 Å². The van der Waals surface area contributed by atoms with Crippen LogP contribution >= 0.6 is 0 Å². The normalized spacial score (nSPS) is 12.7. The van der Waals surface area contributed by atoms with Gasteiger partial charge in [-0.2, -0.15) is 0 Å². The molecule has 2 aromatic rings. The molecule has 2 aromatic carbocycles. The third-order valence-corrected chi connectivity index (χ3v) is 5.30. The molecule has 0 spiro atoms. The first-order valence-electron chi connectivity index (χ1n) is 7.58. The van der Waals surface area contributed by atoms with Crippen molar-refractivity contribution in [2.45, 2.75) is 38.0 Å². The molecule has 0 saturated carbocycles. The van der Waals surface area contributed by atoms with Gasteiger partial charge in [-0.25, -0.2) is 8.42 Å². The van der Waals surface area contributed by atoms with Gasteiger partial charge in [0.25, 0.3) is 10.0 Å². The van der Waals surface area contributed by atoms with Crippen molar-refractivity contribution in [1.82, 2.24) is 0 Å². The lowest BCUT2D eigenvalue weighted by atomic mass is 9.99. The molecule has 5 heteroatoms. The Balaban J connectivity index is 2.31. The minimum absolute atomic E-state index is 0.183. The molecular formula is C18H21NO3S. The van der Waals surface area contributed by atoms with Gasteiger partial charge in [0.05, 0.1) is 10.6 Å². The van der Waals surface area contributed by atoms with Crippen LogP contribution in [0.5, 0.6) is 0 Å². The topological polar surface area (TPSA) is 63.2 Å². The standard InChI is InChI=1S/C18H21NO3S/c1-4-13(2)15-9-11-16(12-10-15)23(21,22)19-18-8-6-5-7-17(18)14(3)20/h5-13,19H,4H2,1-3H3. The molecule has 0 amide bonds. The van der Waals surface area contributed by atoms with Gasteiger partial charge in [-0.05, 0) is 49.1 Å². The smallest absolute Gasteiger partial charge is 0.261 e. The maximum atomic E-state index is 12.5. The molecule has 0 aliphatic rings.